The van der Waals surface area contributed by atoms with E-state index in [1.807, 2.05) is 42.5 Å². The molecule has 4 rings (SSSR count). The molecule has 0 aliphatic heterocycles. The fraction of sp³-hybridized carbons (Fsp3) is 0.485. The Balaban J connectivity index is 1.59. The second-order valence-corrected chi connectivity index (χ2v) is 11.9. The number of carboxylic acids is 1. The number of nitrogens with one attached hydrogen (secondary N) is 2. The molecule has 0 bridgehead atoms. The van der Waals surface area contributed by atoms with E-state index in [-0.39, 0.29) is 17.6 Å². The molecule has 1 saturated carbocycles. The first kappa shape index (κ1) is 30.3. The number of aryl methyl sites for hydroxylation is 2. The molecule has 8 nitrogen and oxygen atoms in total. The van der Waals surface area contributed by atoms with Crippen LogP contribution in [0, 0.1) is 11.8 Å². The van der Waals surface area contributed by atoms with Crippen LogP contribution >= 0.6 is 0 Å². The van der Waals surface area contributed by atoms with Crippen LogP contribution in [0.4, 0.5) is 0 Å². The quantitative estimate of drug-likeness (QED) is 0.228. The van der Waals surface area contributed by atoms with Crippen molar-refractivity contribution in [3.05, 3.63) is 71.4 Å². The van der Waals surface area contributed by atoms with Gasteiger partial charge < -0.3 is 26.0 Å². The van der Waals surface area contributed by atoms with Crippen LogP contribution in [0.3, 0.4) is 0 Å². The standard InChI is InChI=1S/C33H44N4O4/c1-22(2)20-24(21-35-19-11-14-23-12-5-4-6-13-23)36-30(38)26-16-9-10-18-33(26,32(34)41)28-25-15-7-8-17-27(25)37(3)29(28)31(39)40/h4-8,12-13,15,17,22,24,26,35H,9-11,14,16,18-21H2,1-3H3,(H2,34,41)(H,36,38)(H,39,40)/t24?,26-,33-/m0/s1. The third kappa shape index (κ3) is 6.48. The zero-order chi connectivity index (χ0) is 29.6. The van der Waals surface area contributed by atoms with Gasteiger partial charge in [-0.3, -0.25) is 9.59 Å². The Morgan fingerprint density at radius 3 is 2.46 bits per heavy atom. The Bertz CT molecular complexity index is 1370. The van der Waals surface area contributed by atoms with Gasteiger partial charge >= 0.3 is 5.97 Å². The highest BCUT2D eigenvalue weighted by atomic mass is 16.4. The lowest BCUT2D eigenvalue weighted by molar-refractivity contribution is -0.137. The van der Waals surface area contributed by atoms with Crippen molar-refractivity contribution in [2.75, 3.05) is 13.1 Å². The lowest BCUT2D eigenvalue weighted by atomic mass is 9.60. The van der Waals surface area contributed by atoms with Crippen molar-refractivity contribution in [1.82, 2.24) is 15.2 Å². The number of hydrogen-bond donors (Lipinski definition) is 4. The molecule has 1 heterocycles. The van der Waals surface area contributed by atoms with E-state index in [0.29, 0.717) is 48.2 Å². The Morgan fingerprint density at radius 1 is 1.07 bits per heavy atom. The number of nitrogens with two attached hydrogens (primary N) is 1. The van der Waals surface area contributed by atoms with Crippen molar-refractivity contribution in [2.45, 2.75) is 70.3 Å². The molecule has 220 valence electrons. The fourth-order valence-electron chi connectivity index (χ4n) is 6.74. The highest BCUT2D eigenvalue weighted by Gasteiger charge is 2.54. The van der Waals surface area contributed by atoms with Gasteiger partial charge in [-0.1, -0.05) is 75.2 Å². The monoisotopic (exact) mass is 560 g/mol. The van der Waals surface area contributed by atoms with Crippen LogP contribution in [0.5, 0.6) is 0 Å². The SMILES string of the molecule is CC(C)CC(CNCCCc1ccccc1)NC(=O)[C@@H]1CCCC[C@@]1(C(N)=O)c1c(C(=O)O)n(C)c2ccccc12. The summed E-state index contributed by atoms with van der Waals surface area (Å²) >= 11 is 0. The predicted octanol–water partition coefficient (Wildman–Crippen LogP) is 4.54. The number of carbonyl (C=O) groups is 3. The molecule has 1 unspecified atom stereocenters. The molecule has 8 heteroatoms. The molecule has 1 aliphatic carbocycles. The van der Waals surface area contributed by atoms with Crippen molar-refractivity contribution < 1.29 is 19.5 Å². The van der Waals surface area contributed by atoms with Crippen molar-refractivity contribution in [2.24, 2.45) is 24.6 Å². The molecule has 41 heavy (non-hydrogen) atoms. The highest BCUT2D eigenvalue weighted by Crippen LogP contribution is 2.48. The Hall–Kier alpha value is -3.65. The highest BCUT2D eigenvalue weighted by molar-refractivity contribution is 6.06. The van der Waals surface area contributed by atoms with Crippen LogP contribution in [0.15, 0.2) is 54.6 Å². The third-order valence-electron chi connectivity index (χ3n) is 8.58. The number of carbonyl (C=O) groups excluding carboxylic acids is 2. The minimum atomic E-state index is -1.41. The van der Waals surface area contributed by atoms with E-state index in [1.165, 1.54) is 5.56 Å². The fourth-order valence-corrected chi connectivity index (χ4v) is 6.74. The lowest BCUT2D eigenvalue weighted by Gasteiger charge is -2.42. The molecular formula is C33H44N4O4. The molecule has 3 aromatic rings. The molecule has 0 radical (unpaired) electrons. The topological polar surface area (TPSA) is 126 Å². The third-order valence-corrected chi connectivity index (χ3v) is 8.58. The van der Waals surface area contributed by atoms with E-state index in [9.17, 15) is 19.5 Å². The van der Waals surface area contributed by atoms with Gasteiger partial charge in [0.1, 0.15) is 5.69 Å². The maximum atomic E-state index is 14.1. The maximum Gasteiger partial charge on any atom is 0.352 e. The summed E-state index contributed by atoms with van der Waals surface area (Å²) in [7, 11) is 1.68. The largest absolute Gasteiger partial charge is 0.477 e. The number of para-hydroxylation sites is 1. The van der Waals surface area contributed by atoms with Gasteiger partial charge in [-0.2, -0.15) is 0 Å². The first-order valence-corrected chi connectivity index (χ1v) is 14.8. The Morgan fingerprint density at radius 2 is 1.78 bits per heavy atom. The smallest absolute Gasteiger partial charge is 0.352 e. The van der Waals surface area contributed by atoms with Gasteiger partial charge in [0, 0.05) is 36.1 Å². The first-order valence-electron chi connectivity index (χ1n) is 14.8. The number of nitrogens with zero attached hydrogens (tertiary/aromatic N) is 1. The second kappa shape index (κ2) is 13.3. The van der Waals surface area contributed by atoms with Crippen LogP contribution in [0.2, 0.25) is 0 Å². The number of aromatic carboxylic acids is 1. The average molecular weight is 561 g/mol. The molecule has 0 saturated heterocycles. The van der Waals surface area contributed by atoms with Gasteiger partial charge in [0.25, 0.3) is 0 Å². The molecule has 0 spiro atoms. The molecule has 2 amide bonds. The summed E-state index contributed by atoms with van der Waals surface area (Å²) < 4.78 is 1.60. The van der Waals surface area contributed by atoms with E-state index >= 15 is 0 Å². The normalized spacial score (nSPS) is 19.8. The number of aromatic nitrogens is 1. The first-order chi connectivity index (χ1) is 19.7. The molecule has 1 fully saturated rings. The Labute approximate surface area is 242 Å². The number of primary amides is 1. The lowest BCUT2D eigenvalue weighted by Crippen LogP contribution is -2.56. The minimum Gasteiger partial charge on any atom is -0.477 e. The van der Waals surface area contributed by atoms with Gasteiger partial charge in [-0.05, 0) is 56.2 Å². The van der Waals surface area contributed by atoms with Crippen molar-refractivity contribution in [3.63, 3.8) is 0 Å². The number of hydrogen-bond acceptors (Lipinski definition) is 4. The van der Waals surface area contributed by atoms with Crippen LogP contribution in [-0.4, -0.2) is 46.6 Å². The van der Waals surface area contributed by atoms with Crippen LogP contribution in [0.25, 0.3) is 10.9 Å². The number of amides is 2. The van der Waals surface area contributed by atoms with Crippen LogP contribution < -0.4 is 16.4 Å². The van der Waals surface area contributed by atoms with E-state index in [0.717, 1.165) is 32.2 Å². The van der Waals surface area contributed by atoms with Gasteiger partial charge in [-0.15, -0.1) is 0 Å². The summed E-state index contributed by atoms with van der Waals surface area (Å²) in [6, 6.07) is 17.6. The second-order valence-electron chi connectivity index (χ2n) is 11.9. The minimum absolute atomic E-state index is 0.0171. The number of fused-ring (bicyclic) bond motifs is 1. The summed E-state index contributed by atoms with van der Waals surface area (Å²) in [5, 5.41) is 17.7. The number of carboxylic acid groups (broad SMARTS) is 1. The zero-order valence-corrected chi connectivity index (χ0v) is 24.5. The summed E-state index contributed by atoms with van der Waals surface area (Å²) in [5.74, 6) is -2.41. The van der Waals surface area contributed by atoms with Crippen molar-refractivity contribution in [1.29, 1.82) is 0 Å². The zero-order valence-electron chi connectivity index (χ0n) is 24.5. The van der Waals surface area contributed by atoms with Gasteiger partial charge in [0.15, 0.2) is 0 Å². The van der Waals surface area contributed by atoms with E-state index in [2.05, 4.69) is 36.6 Å². The van der Waals surface area contributed by atoms with Crippen LogP contribution in [-0.2, 0) is 28.5 Å². The molecule has 2 aromatic carbocycles. The average Bonchev–Trinajstić information content (AvgIpc) is 3.25. The summed E-state index contributed by atoms with van der Waals surface area (Å²) in [5.41, 5.74) is 7.14. The molecule has 1 aliphatic rings. The molecular weight excluding hydrogens is 516 g/mol. The van der Waals surface area contributed by atoms with Gasteiger partial charge in [0.2, 0.25) is 11.8 Å². The van der Waals surface area contributed by atoms with E-state index < -0.39 is 23.2 Å². The molecule has 1 aromatic heterocycles. The predicted molar refractivity (Wildman–Crippen MR) is 162 cm³/mol. The number of rotatable bonds is 13. The van der Waals surface area contributed by atoms with Gasteiger partial charge in [0.05, 0.1) is 11.3 Å². The van der Waals surface area contributed by atoms with Crippen molar-refractivity contribution in [3.8, 4) is 0 Å². The number of benzene rings is 2. The molecule has 3 atom stereocenters. The van der Waals surface area contributed by atoms with E-state index in [1.54, 1.807) is 11.6 Å². The Kier molecular flexibility index (Phi) is 9.86. The van der Waals surface area contributed by atoms with E-state index in [4.69, 9.17) is 5.73 Å². The van der Waals surface area contributed by atoms with Crippen LogP contribution in [0.1, 0.15) is 74.0 Å². The van der Waals surface area contributed by atoms with Crippen molar-refractivity contribution >= 4 is 28.7 Å². The summed E-state index contributed by atoms with van der Waals surface area (Å²) in [6.45, 7) is 5.69. The summed E-state index contributed by atoms with van der Waals surface area (Å²) in [6.07, 6.45) is 5.01. The summed E-state index contributed by atoms with van der Waals surface area (Å²) in [4.78, 5) is 40.1. The molecule has 5 N–H and O–H groups in total. The van der Waals surface area contributed by atoms with Gasteiger partial charge in [-0.25, -0.2) is 4.79 Å². The maximum absolute atomic E-state index is 14.1.